The minimum Gasteiger partial charge on any atom is -0.399 e. The summed E-state index contributed by atoms with van der Waals surface area (Å²) in [4.78, 5) is 0.786. The largest absolute Gasteiger partial charge is 0.399 e. The van der Waals surface area contributed by atoms with E-state index in [1.54, 1.807) is 36.4 Å². The summed E-state index contributed by atoms with van der Waals surface area (Å²) in [6, 6.07) is 14.5. The number of nitrogen functional groups attached to an aromatic ring is 1. The lowest BCUT2D eigenvalue weighted by atomic mass is 10.2. The summed E-state index contributed by atoms with van der Waals surface area (Å²) in [5, 5.41) is 0.687. The van der Waals surface area contributed by atoms with E-state index in [0.717, 1.165) is 10.5 Å². The molecular weight excluding hydrogens is 254 g/mol. The summed E-state index contributed by atoms with van der Waals surface area (Å²) in [6.45, 7) is 0. The van der Waals surface area contributed by atoms with E-state index in [4.69, 9.17) is 17.3 Å². The summed E-state index contributed by atoms with van der Waals surface area (Å²) in [5.41, 5.74) is 7.26. The molecule has 0 aliphatic carbocycles. The fraction of sp³-hybridized carbons (Fsp3) is 0.0769. The van der Waals surface area contributed by atoms with Crippen LogP contribution in [0.15, 0.2) is 53.4 Å². The maximum absolute atomic E-state index is 12.0. The van der Waals surface area contributed by atoms with Gasteiger partial charge in [0.25, 0.3) is 0 Å². The first-order valence-electron chi connectivity index (χ1n) is 5.13. The fourth-order valence-electron chi connectivity index (χ4n) is 1.43. The summed E-state index contributed by atoms with van der Waals surface area (Å²) < 4.78 is 12.0. The molecule has 0 radical (unpaired) electrons. The van der Waals surface area contributed by atoms with Crippen LogP contribution in [0, 0.1) is 0 Å². The third-order valence-corrected chi connectivity index (χ3v) is 4.00. The molecule has 0 saturated heterocycles. The second-order valence-electron chi connectivity index (χ2n) is 3.69. The van der Waals surface area contributed by atoms with Crippen LogP contribution >= 0.6 is 11.6 Å². The van der Waals surface area contributed by atoms with Gasteiger partial charge in [-0.1, -0.05) is 23.7 Å². The Kier molecular flexibility index (Phi) is 3.82. The molecule has 2 aromatic carbocycles. The lowest BCUT2D eigenvalue weighted by Crippen LogP contribution is -1.96. The van der Waals surface area contributed by atoms with Gasteiger partial charge in [0.15, 0.2) is 0 Å². The fourth-order valence-corrected chi connectivity index (χ4v) is 2.66. The van der Waals surface area contributed by atoms with Crippen molar-refractivity contribution in [1.29, 1.82) is 0 Å². The van der Waals surface area contributed by atoms with Gasteiger partial charge >= 0.3 is 0 Å². The van der Waals surface area contributed by atoms with Crippen LogP contribution in [0.1, 0.15) is 5.56 Å². The minimum atomic E-state index is -1.05. The molecule has 0 fully saturated rings. The van der Waals surface area contributed by atoms with Crippen molar-refractivity contribution in [3.63, 3.8) is 0 Å². The van der Waals surface area contributed by atoms with Gasteiger partial charge in [0, 0.05) is 15.6 Å². The SMILES string of the molecule is Nc1ccc(S(=O)Cc2ccc(Cl)cc2)cc1. The molecule has 1 unspecified atom stereocenters. The van der Waals surface area contributed by atoms with Crippen molar-refractivity contribution in [2.24, 2.45) is 0 Å². The molecule has 2 nitrogen and oxygen atoms in total. The summed E-state index contributed by atoms with van der Waals surface area (Å²) in [7, 11) is -1.05. The molecule has 2 N–H and O–H groups in total. The van der Waals surface area contributed by atoms with E-state index < -0.39 is 10.8 Å². The van der Waals surface area contributed by atoms with Crippen LogP contribution in [0.2, 0.25) is 5.02 Å². The van der Waals surface area contributed by atoms with Gasteiger partial charge in [-0.05, 0) is 42.0 Å². The van der Waals surface area contributed by atoms with Gasteiger partial charge in [-0.2, -0.15) is 0 Å². The molecule has 0 aliphatic heterocycles. The van der Waals surface area contributed by atoms with Crippen LogP contribution in [0.4, 0.5) is 5.69 Å². The zero-order valence-corrected chi connectivity index (χ0v) is 10.7. The monoisotopic (exact) mass is 265 g/mol. The van der Waals surface area contributed by atoms with Crippen molar-refractivity contribution in [3.8, 4) is 0 Å². The summed E-state index contributed by atoms with van der Waals surface area (Å²) in [5.74, 6) is 0.487. The maximum atomic E-state index is 12.0. The first-order valence-corrected chi connectivity index (χ1v) is 6.83. The zero-order chi connectivity index (χ0) is 12.3. The Labute approximate surface area is 108 Å². The summed E-state index contributed by atoms with van der Waals surface area (Å²) in [6.07, 6.45) is 0. The number of hydrogen-bond donors (Lipinski definition) is 1. The highest BCUT2D eigenvalue weighted by molar-refractivity contribution is 7.84. The van der Waals surface area contributed by atoms with Gasteiger partial charge in [0.05, 0.1) is 16.6 Å². The third-order valence-electron chi connectivity index (χ3n) is 2.35. The van der Waals surface area contributed by atoms with Gasteiger partial charge in [0.1, 0.15) is 0 Å². The van der Waals surface area contributed by atoms with Crippen LogP contribution in [0.25, 0.3) is 0 Å². The minimum absolute atomic E-state index is 0.487. The number of halogens is 1. The van der Waals surface area contributed by atoms with Crippen molar-refractivity contribution < 1.29 is 4.21 Å². The molecule has 2 aromatic rings. The van der Waals surface area contributed by atoms with E-state index in [1.165, 1.54) is 0 Å². The Hall–Kier alpha value is -1.32. The predicted octanol–water partition coefficient (Wildman–Crippen LogP) is 3.23. The molecule has 2 rings (SSSR count). The molecule has 4 heteroatoms. The lowest BCUT2D eigenvalue weighted by molar-refractivity contribution is 0.682. The molecule has 1 atom stereocenters. The average Bonchev–Trinajstić information content (AvgIpc) is 2.33. The highest BCUT2D eigenvalue weighted by Crippen LogP contribution is 2.16. The van der Waals surface area contributed by atoms with Crippen LogP contribution < -0.4 is 5.73 Å². The number of benzene rings is 2. The Bertz CT molecular complexity index is 522. The van der Waals surface area contributed by atoms with Crippen LogP contribution in [-0.2, 0) is 16.6 Å². The molecule has 0 heterocycles. The van der Waals surface area contributed by atoms with Crippen molar-refractivity contribution >= 4 is 28.1 Å². The van der Waals surface area contributed by atoms with Crippen molar-refractivity contribution in [3.05, 3.63) is 59.1 Å². The standard InChI is InChI=1S/C13H12ClNOS/c14-11-3-1-10(2-4-11)9-17(16)13-7-5-12(15)6-8-13/h1-8H,9,15H2. The molecule has 0 saturated carbocycles. The van der Waals surface area contributed by atoms with Crippen LogP contribution in [0.5, 0.6) is 0 Å². The normalized spacial score (nSPS) is 12.3. The molecule has 88 valence electrons. The second kappa shape index (κ2) is 5.34. The summed E-state index contributed by atoms with van der Waals surface area (Å²) >= 11 is 5.79. The van der Waals surface area contributed by atoms with E-state index in [2.05, 4.69) is 0 Å². The smallest absolute Gasteiger partial charge is 0.0574 e. The van der Waals surface area contributed by atoms with Gasteiger partial charge in [0.2, 0.25) is 0 Å². The van der Waals surface area contributed by atoms with Gasteiger partial charge in [-0.3, -0.25) is 4.21 Å². The number of nitrogens with two attached hydrogens (primary N) is 1. The Balaban J connectivity index is 2.11. The highest BCUT2D eigenvalue weighted by Gasteiger charge is 2.04. The lowest BCUT2D eigenvalue weighted by Gasteiger charge is -2.03. The molecule has 0 aromatic heterocycles. The molecular formula is C13H12ClNOS. The Morgan fingerprint density at radius 3 is 2.18 bits per heavy atom. The number of rotatable bonds is 3. The van der Waals surface area contributed by atoms with E-state index in [0.29, 0.717) is 16.5 Å². The van der Waals surface area contributed by atoms with Crippen molar-refractivity contribution in [2.45, 2.75) is 10.6 Å². The van der Waals surface area contributed by atoms with Gasteiger partial charge in [-0.15, -0.1) is 0 Å². The van der Waals surface area contributed by atoms with E-state index >= 15 is 0 Å². The molecule has 0 amide bonds. The van der Waals surface area contributed by atoms with Crippen molar-refractivity contribution in [2.75, 3.05) is 5.73 Å². The van der Waals surface area contributed by atoms with E-state index in [-0.39, 0.29) is 0 Å². The first-order chi connectivity index (χ1) is 8.15. The average molecular weight is 266 g/mol. The highest BCUT2D eigenvalue weighted by atomic mass is 35.5. The molecule has 0 spiro atoms. The number of anilines is 1. The molecule has 0 bridgehead atoms. The third kappa shape index (κ3) is 3.32. The molecule has 17 heavy (non-hydrogen) atoms. The van der Waals surface area contributed by atoms with E-state index in [9.17, 15) is 4.21 Å². The Morgan fingerprint density at radius 2 is 1.59 bits per heavy atom. The van der Waals surface area contributed by atoms with Crippen molar-refractivity contribution in [1.82, 2.24) is 0 Å². The first kappa shape index (κ1) is 12.1. The van der Waals surface area contributed by atoms with Crippen LogP contribution in [-0.4, -0.2) is 4.21 Å². The Morgan fingerprint density at radius 1 is 1.00 bits per heavy atom. The maximum Gasteiger partial charge on any atom is 0.0574 e. The topological polar surface area (TPSA) is 43.1 Å². The number of hydrogen-bond acceptors (Lipinski definition) is 2. The zero-order valence-electron chi connectivity index (χ0n) is 9.10. The molecule has 0 aliphatic rings. The predicted molar refractivity (Wildman–Crippen MR) is 72.4 cm³/mol. The van der Waals surface area contributed by atoms with Crippen LogP contribution in [0.3, 0.4) is 0 Å². The van der Waals surface area contributed by atoms with E-state index in [1.807, 2.05) is 12.1 Å². The quantitative estimate of drug-likeness (QED) is 0.866. The van der Waals surface area contributed by atoms with Gasteiger partial charge < -0.3 is 5.73 Å². The van der Waals surface area contributed by atoms with Gasteiger partial charge in [-0.25, -0.2) is 0 Å². The second-order valence-corrected chi connectivity index (χ2v) is 5.57.